The molecule has 1 N–H and O–H groups in total. The molecule has 0 aliphatic rings. The van der Waals surface area contributed by atoms with Crippen LogP contribution < -0.4 is 5.32 Å². The topological polar surface area (TPSA) is 12.0 Å². The van der Waals surface area contributed by atoms with E-state index in [1.807, 2.05) is 7.05 Å². The van der Waals surface area contributed by atoms with Gasteiger partial charge in [0.2, 0.25) is 0 Å². The van der Waals surface area contributed by atoms with E-state index in [0.29, 0.717) is 0 Å². The van der Waals surface area contributed by atoms with Gasteiger partial charge in [0.15, 0.2) is 0 Å². The Morgan fingerprint density at radius 1 is 1.71 bits per heavy atom. The highest BCUT2D eigenvalue weighted by Crippen LogP contribution is 1.93. The summed E-state index contributed by atoms with van der Waals surface area (Å²) in [5.41, 5.74) is 0.877. The second-order valence-corrected chi connectivity index (χ2v) is 1.53. The normalized spacial score (nSPS) is 8.29. The molecule has 0 aromatic heterocycles. The Morgan fingerprint density at radius 3 is 2.43 bits per heavy atom. The van der Waals surface area contributed by atoms with Crippen LogP contribution in [0, 0.1) is 6.58 Å². The van der Waals surface area contributed by atoms with E-state index >= 15 is 0 Å². The Kier molecular flexibility index (Phi) is 3.48. The third kappa shape index (κ3) is 3.37. The van der Waals surface area contributed by atoms with E-state index in [0.717, 1.165) is 18.5 Å². The zero-order valence-electron chi connectivity index (χ0n) is 4.99. The molecule has 41 valence electrons. The lowest BCUT2D eigenvalue weighted by molar-refractivity contribution is 0.818. The molecule has 0 saturated heterocycles. The summed E-state index contributed by atoms with van der Waals surface area (Å²) in [6.45, 7) is 7.49. The van der Waals surface area contributed by atoms with Crippen molar-refractivity contribution >= 4 is 0 Å². The number of allylic oxidation sites excluding steroid dienone is 1. The Balaban J connectivity index is 3.00. The molecule has 0 aromatic carbocycles. The third-order valence-corrected chi connectivity index (χ3v) is 0.840. The molecule has 0 saturated carbocycles. The van der Waals surface area contributed by atoms with E-state index in [2.05, 4.69) is 12.2 Å². The van der Waals surface area contributed by atoms with Gasteiger partial charge in [0, 0.05) is 12.7 Å². The Bertz CT molecular complexity index is 57.2. The van der Waals surface area contributed by atoms with Crippen LogP contribution in [0.5, 0.6) is 0 Å². The van der Waals surface area contributed by atoms with Crippen molar-refractivity contribution in [2.24, 2.45) is 0 Å². The molecule has 0 fully saturated rings. The maximum atomic E-state index is 5.39. The molecule has 0 aliphatic carbocycles. The molecule has 0 heterocycles. The fourth-order valence-corrected chi connectivity index (χ4v) is 0.394. The maximum absolute atomic E-state index is 5.39. The Labute approximate surface area is 45.4 Å². The molecule has 0 amide bonds. The maximum Gasteiger partial charge on any atom is 0.0104 e. The van der Waals surface area contributed by atoms with E-state index in [1.165, 1.54) is 0 Å². The van der Waals surface area contributed by atoms with Gasteiger partial charge < -0.3 is 5.32 Å². The molecule has 1 heteroatoms. The molecule has 7 heavy (non-hydrogen) atoms. The SMILES string of the molecule is [CH]=C(CCC)NC. The van der Waals surface area contributed by atoms with Crippen LogP contribution in [0.25, 0.3) is 0 Å². The molecular formula is C6H12N. The van der Waals surface area contributed by atoms with Crippen LogP contribution in [0.2, 0.25) is 0 Å². The van der Waals surface area contributed by atoms with Crippen LogP contribution in [0.15, 0.2) is 5.70 Å². The number of nitrogens with one attached hydrogen (secondary N) is 1. The molecular weight excluding hydrogens is 86.1 g/mol. The van der Waals surface area contributed by atoms with Gasteiger partial charge in [-0.25, -0.2) is 0 Å². The first kappa shape index (κ1) is 6.54. The lowest BCUT2D eigenvalue weighted by Crippen LogP contribution is -2.02. The highest BCUT2D eigenvalue weighted by molar-refractivity contribution is 4.84. The highest BCUT2D eigenvalue weighted by atomic mass is 14.8. The summed E-state index contributed by atoms with van der Waals surface area (Å²) in [6, 6.07) is 0. The van der Waals surface area contributed by atoms with Crippen LogP contribution in [-0.4, -0.2) is 7.05 Å². The molecule has 1 nitrogen and oxygen atoms in total. The average Bonchev–Trinajstić information content (AvgIpc) is 1.68. The van der Waals surface area contributed by atoms with Gasteiger partial charge in [-0.3, -0.25) is 0 Å². The highest BCUT2D eigenvalue weighted by Gasteiger charge is 1.82. The number of rotatable bonds is 3. The molecule has 0 bridgehead atoms. The predicted molar refractivity (Wildman–Crippen MR) is 31.8 cm³/mol. The van der Waals surface area contributed by atoms with E-state index in [9.17, 15) is 0 Å². The van der Waals surface area contributed by atoms with Gasteiger partial charge >= 0.3 is 0 Å². The first-order chi connectivity index (χ1) is 3.31. The number of hydrogen-bond acceptors (Lipinski definition) is 1. The number of hydrogen-bond donors (Lipinski definition) is 1. The minimum absolute atomic E-state index is 0.877. The standard InChI is InChI=1S/C6H12N/c1-4-5-6(2)7-3/h2,7H,4-5H2,1,3H3. The van der Waals surface area contributed by atoms with Crippen LogP contribution in [0.1, 0.15) is 19.8 Å². The van der Waals surface area contributed by atoms with Gasteiger partial charge in [-0.2, -0.15) is 0 Å². The van der Waals surface area contributed by atoms with Crippen LogP contribution in [-0.2, 0) is 0 Å². The summed E-state index contributed by atoms with van der Waals surface area (Å²) < 4.78 is 0. The van der Waals surface area contributed by atoms with Crippen LogP contribution in [0.4, 0.5) is 0 Å². The van der Waals surface area contributed by atoms with Gasteiger partial charge in [-0.1, -0.05) is 13.3 Å². The molecule has 0 aromatic rings. The minimum Gasteiger partial charge on any atom is -0.391 e. The fourth-order valence-electron chi connectivity index (χ4n) is 0.394. The van der Waals surface area contributed by atoms with E-state index in [-0.39, 0.29) is 0 Å². The lowest BCUT2D eigenvalue weighted by Gasteiger charge is -1.97. The quantitative estimate of drug-likeness (QED) is 0.561. The van der Waals surface area contributed by atoms with E-state index in [1.54, 1.807) is 0 Å². The van der Waals surface area contributed by atoms with Crippen molar-refractivity contribution < 1.29 is 0 Å². The Morgan fingerprint density at radius 2 is 2.29 bits per heavy atom. The van der Waals surface area contributed by atoms with Gasteiger partial charge in [-0.15, -0.1) is 0 Å². The monoisotopic (exact) mass is 98.1 g/mol. The largest absolute Gasteiger partial charge is 0.391 e. The van der Waals surface area contributed by atoms with Gasteiger partial charge in [0.05, 0.1) is 0 Å². The predicted octanol–water partition coefficient (Wildman–Crippen LogP) is 1.32. The molecule has 0 aliphatic heterocycles. The van der Waals surface area contributed by atoms with E-state index < -0.39 is 0 Å². The Hall–Kier alpha value is -0.460. The van der Waals surface area contributed by atoms with Crippen molar-refractivity contribution in [3.05, 3.63) is 12.3 Å². The summed E-state index contributed by atoms with van der Waals surface area (Å²) in [4.78, 5) is 0. The van der Waals surface area contributed by atoms with Crippen molar-refractivity contribution in [2.45, 2.75) is 19.8 Å². The third-order valence-electron chi connectivity index (χ3n) is 0.840. The summed E-state index contributed by atoms with van der Waals surface area (Å²) >= 11 is 0. The van der Waals surface area contributed by atoms with E-state index in [4.69, 9.17) is 6.58 Å². The average molecular weight is 98.2 g/mol. The van der Waals surface area contributed by atoms with Crippen molar-refractivity contribution in [3.63, 3.8) is 0 Å². The fraction of sp³-hybridized carbons (Fsp3) is 0.667. The van der Waals surface area contributed by atoms with Gasteiger partial charge in [-0.05, 0) is 13.0 Å². The second-order valence-electron chi connectivity index (χ2n) is 1.53. The molecule has 0 atom stereocenters. The zero-order chi connectivity index (χ0) is 5.70. The molecule has 0 unspecified atom stereocenters. The summed E-state index contributed by atoms with van der Waals surface area (Å²) in [5, 5.41) is 2.86. The first-order valence-corrected chi connectivity index (χ1v) is 2.60. The summed E-state index contributed by atoms with van der Waals surface area (Å²) in [7, 11) is 1.84. The smallest absolute Gasteiger partial charge is 0.0104 e. The van der Waals surface area contributed by atoms with Gasteiger partial charge in [0.25, 0.3) is 0 Å². The van der Waals surface area contributed by atoms with Crippen LogP contribution >= 0.6 is 0 Å². The van der Waals surface area contributed by atoms with Crippen LogP contribution in [0.3, 0.4) is 0 Å². The van der Waals surface area contributed by atoms with Crippen molar-refractivity contribution in [1.82, 2.24) is 5.32 Å². The molecule has 0 spiro atoms. The van der Waals surface area contributed by atoms with Crippen molar-refractivity contribution in [2.75, 3.05) is 7.05 Å². The van der Waals surface area contributed by atoms with Gasteiger partial charge in [0.1, 0.15) is 0 Å². The summed E-state index contributed by atoms with van der Waals surface area (Å²) in [6.07, 6.45) is 2.10. The summed E-state index contributed by atoms with van der Waals surface area (Å²) in [5.74, 6) is 0. The second kappa shape index (κ2) is 3.72. The first-order valence-electron chi connectivity index (χ1n) is 2.60. The molecule has 1 radical (unpaired) electrons. The zero-order valence-corrected chi connectivity index (χ0v) is 4.99. The van der Waals surface area contributed by atoms with Crippen molar-refractivity contribution in [3.8, 4) is 0 Å². The molecule has 0 rings (SSSR count). The lowest BCUT2D eigenvalue weighted by atomic mass is 10.3. The van der Waals surface area contributed by atoms with Crippen molar-refractivity contribution in [1.29, 1.82) is 0 Å². The minimum atomic E-state index is 0.877.